The van der Waals surface area contributed by atoms with E-state index >= 15 is 0 Å². The van der Waals surface area contributed by atoms with Crippen LogP contribution >= 0.6 is 0 Å². The Hall–Kier alpha value is -1.15. The Morgan fingerprint density at radius 3 is 2.94 bits per heavy atom. The van der Waals surface area contributed by atoms with Crippen molar-refractivity contribution in [3.05, 3.63) is 34.9 Å². The highest BCUT2D eigenvalue weighted by Crippen LogP contribution is 2.42. The highest BCUT2D eigenvalue weighted by Gasteiger charge is 2.48. The molecule has 0 radical (unpaired) electrons. The molecule has 1 saturated heterocycles. The first-order valence-corrected chi connectivity index (χ1v) is 6.37. The Balaban J connectivity index is 2.20. The van der Waals surface area contributed by atoms with E-state index in [1.807, 2.05) is 0 Å². The molecule has 90 valence electrons. The third-order valence-electron chi connectivity index (χ3n) is 4.62. The van der Waals surface area contributed by atoms with Crippen LogP contribution in [-0.4, -0.2) is 30.3 Å². The molecule has 1 aromatic carbocycles. The number of fused-ring (bicyclic) bond motifs is 4. The maximum atomic E-state index is 12.6. The Morgan fingerprint density at radius 1 is 1.41 bits per heavy atom. The van der Waals surface area contributed by atoms with E-state index in [9.17, 15) is 4.79 Å². The smallest absolute Gasteiger partial charge is 0.160 e. The van der Waals surface area contributed by atoms with E-state index in [0.717, 1.165) is 19.4 Å². The molecule has 0 spiro atoms. The van der Waals surface area contributed by atoms with Gasteiger partial charge in [0.1, 0.15) is 0 Å². The number of nitrogens with zero attached hydrogens (tertiary/aromatic N) is 1. The Bertz CT molecular complexity index is 494. The fourth-order valence-corrected chi connectivity index (χ4v) is 3.35. The van der Waals surface area contributed by atoms with E-state index < -0.39 is 0 Å². The molecule has 1 aliphatic carbocycles. The predicted molar refractivity (Wildman–Crippen MR) is 68.3 cm³/mol. The number of Topliss-reactive ketones (excluding diaryl/α,β-unsaturated/α-hetero) is 1. The standard InChI is InChI=1S/C15H19NO/c1-10-4-5-11-9-13-14(17)15(2,12(11)8-10)6-7-16(13)3/h4-5,8,13H,6-7,9H2,1-3H3/t13-,15+/m1/s1. The van der Waals surface area contributed by atoms with Gasteiger partial charge in [0, 0.05) is 0 Å². The molecule has 1 fully saturated rings. The molecule has 2 aliphatic rings. The fraction of sp³-hybridized carbons (Fsp3) is 0.533. The summed E-state index contributed by atoms with van der Waals surface area (Å²) in [6.45, 7) is 5.27. The number of carbonyl (C=O) groups excluding carboxylic acids is 1. The van der Waals surface area contributed by atoms with E-state index in [4.69, 9.17) is 0 Å². The number of hydrogen-bond acceptors (Lipinski definition) is 2. The summed E-state index contributed by atoms with van der Waals surface area (Å²) < 4.78 is 0. The molecule has 0 unspecified atom stereocenters. The van der Waals surface area contributed by atoms with Crippen LogP contribution in [0.25, 0.3) is 0 Å². The minimum Gasteiger partial charge on any atom is -0.297 e. The van der Waals surface area contributed by atoms with Gasteiger partial charge in [-0.15, -0.1) is 0 Å². The molecular formula is C15H19NO. The Kier molecular flexibility index (Phi) is 2.21. The van der Waals surface area contributed by atoms with Crippen LogP contribution in [0.2, 0.25) is 0 Å². The van der Waals surface area contributed by atoms with Crippen LogP contribution in [0.4, 0.5) is 0 Å². The number of ketones is 1. The van der Waals surface area contributed by atoms with Gasteiger partial charge in [-0.25, -0.2) is 0 Å². The lowest BCUT2D eigenvalue weighted by atomic mass is 9.64. The van der Waals surface area contributed by atoms with Crippen LogP contribution in [-0.2, 0) is 16.6 Å². The van der Waals surface area contributed by atoms with Crippen molar-refractivity contribution in [3.8, 4) is 0 Å². The van der Waals surface area contributed by atoms with Crippen molar-refractivity contribution in [2.45, 2.75) is 38.1 Å². The van der Waals surface area contributed by atoms with Gasteiger partial charge in [0.05, 0.1) is 11.5 Å². The second-order valence-electron chi connectivity index (χ2n) is 5.81. The van der Waals surface area contributed by atoms with Crippen molar-refractivity contribution in [1.82, 2.24) is 4.90 Å². The zero-order valence-electron chi connectivity index (χ0n) is 10.8. The zero-order chi connectivity index (χ0) is 12.2. The lowest BCUT2D eigenvalue weighted by Gasteiger charge is -2.47. The number of likely N-dealkylation sites (N-methyl/N-ethyl adjacent to an activating group) is 1. The summed E-state index contributed by atoms with van der Waals surface area (Å²) >= 11 is 0. The summed E-state index contributed by atoms with van der Waals surface area (Å²) in [7, 11) is 2.07. The van der Waals surface area contributed by atoms with Gasteiger partial charge in [-0.1, -0.05) is 23.8 Å². The minimum atomic E-state index is -0.239. The normalized spacial score (nSPS) is 32.4. The highest BCUT2D eigenvalue weighted by atomic mass is 16.1. The SMILES string of the molecule is Cc1ccc2c(c1)[C@]1(C)CCN(C)[C@H](C2)C1=O. The topological polar surface area (TPSA) is 20.3 Å². The Labute approximate surface area is 103 Å². The quantitative estimate of drug-likeness (QED) is 0.679. The third-order valence-corrected chi connectivity index (χ3v) is 4.62. The summed E-state index contributed by atoms with van der Waals surface area (Å²) in [5, 5.41) is 0. The third kappa shape index (κ3) is 1.40. The second kappa shape index (κ2) is 3.42. The average Bonchev–Trinajstić information content (AvgIpc) is 2.30. The van der Waals surface area contributed by atoms with Gasteiger partial charge in [0.25, 0.3) is 0 Å². The molecule has 1 aliphatic heterocycles. The van der Waals surface area contributed by atoms with Crippen molar-refractivity contribution in [3.63, 3.8) is 0 Å². The molecule has 2 bridgehead atoms. The molecule has 1 heterocycles. The van der Waals surface area contributed by atoms with Gasteiger partial charge in [0.2, 0.25) is 0 Å². The van der Waals surface area contributed by atoms with Crippen LogP contribution in [0.15, 0.2) is 18.2 Å². The first kappa shape index (κ1) is 11.0. The number of piperidine rings is 1. The summed E-state index contributed by atoms with van der Waals surface area (Å²) in [6.07, 6.45) is 1.84. The van der Waals surface area contributed by atoms with E-state index in [2.05, 4.69) is 44.0 Å². The van der Waals surface area contributed by atoms with E-state index in [-0.39, 0.29) is 11.5 Å². The van der Waals surface area contributed by atoms with Crippen LogP contribution in [0.5, 0.6) is 0 Å². The molecule has 2 atom stereocenters. The van der Waals surface area contributed by atoms with Crippen LogP contribution in [0.1, 0.15) is 30.0 Å². The minimum absolute atomic E-state index is 0.101. The van der Waals surface area contributed by atoms with Gasteiger partial charge in [-0.2, -0.15) is 0 Å². The van der Waals surface area contributed by atoms with E-state index in [1.165, 1.54) is 16.7 Å². The predicted octanol–water partition coefficient (Wildman–Crippen LogP) is 2.08. The van der Waals surface area contributed by atoms with Gasteiger partial charge >= 0.3 is 0 Å². The van der Waals surface area contributed by atoms with Crippen molar-refractivity contribution in [2.24, 2.45) is 0 Å². The summed E-state index contributed by atoms with van der Waals surface area (Å²) in [5.41, 5.74) is 3.67. The molecular weight excluding hydrogens is 210 g/mol. The maximum absolute atomic E-state index is 12.6. The van der Waals surface area contributed by atoms with Gasteiger partial charge < -0.3 is 0 Å². The molecule has 17 heavy (non-hydrogen) atoms. The van der Waals surface area contributed by atoms with Crippen LogP contribution in [0, 0.1) is 6.92 Å². The molecule has 2 nitrogen and oxygen atoms in total. The van der Waals surface area contributed by atoms with Gasteiger partial charge in [-0.3, -0.25) is 9.69 Å². The molecule has 0 N–H and O–H groups in total. The largest absolute Gasteiger partial charge is 0.297 e. The number of rotatable bonds is 0. The first-order valence-electron chi connectivity index (χ1n) is 6.37. The number of carbonyl (C=O) groups is 1. The van der Waals surface area contributed by atoms with E-state index in [0.29, 0.717) is 5.78 Å². The monoisotopic (exact) mass is 229 g/mol. The van der Waals surface area contributed by atoms with E-state index in [1.54, 1.807) is 0 Å². The van der Waals surface area contributed by atoms with Crippen LogP contribution in [0.3, 0.4) is 0 Å². The van der Waals surface area contributed by atoms with Crippen molar-refractivity contribution < 1.29 is 4.79 Å². The number of aryl methyl sites for hydroxylation is 1. The molecule has 2 heteroatoms. The lowest BCUT2D eigenvalue weighted by Crippen LogP contribution is -2.58. The fourth-order valence-electron chi connectivity index (χ4n) is 3.35. The van der Waals surface area contributed by atoms with Crippen molar-refractivity contribution in [2.75, 3.05) is 13.6 Å². The number of likely N-dealkylation sites (tertiary alicyclic amines) is 1. The summed E-state index contributed by atoms with van der Waals surface area (Å²) in [6, 6.07) is 6.69. The molecule has 0 aromatic heterocycles. The Morgan fingerprint density at radius 2 is 2.18 bits per heavy atom. The zero-order valence-corrected chi connectivity index (χ0v) is 10.8. The molecule has 1 aromatic rings. The van der Waals surface area contributed by atoms with Gasteiger partial charge in [-0.05, 0) is 51.4 Å². The highest BCUT2D eigenvalue weighted by molar-refractivity contribution is 5.97. The molecule has 0 saturated carbocycles. The van der Waals surface area contributed by atoms with Crippen LogP contribution < -0.4 is 0 Å². The summed E-state index contributed by atoms with van der Waals surface area (Å²) in [4.78, 5) is 14.8. The molecule has 0 amide bonds. The second-order valence-corrected chi connectivity index (χ2v) is 5.81. The summed E-state index contributed by atoms with van der Waals surface area (Å²) in [5.74, 6) is 0.421. The lowest BCUT2D eigenvalue weighted by molar-refractivity contribution is -0.133. The number of hydrogen-bond donors (Lipinski definition) is 0. The van der Waals surface area contributed by atoms with Crippen molar-refractivity contribution >= 4 is 5.78 Å². The maximum Gasteiger partial charge on any atom is 0.160 e. The number of benzene rings is 1. The van der Waals surface area contributed by atoms with Crippen molar-refractivity contribution in [1.29, 1.82) is 0 Å². The first-order chi connectivity index (χ1) is 8.02. The van der Waals surface area contributed by atoms with Gasteiger partial charge in [0.15, 0.2) is 5.78 Å². The average molecular weight is 229 g/mol. The molecule has 3 rings (SSSR count).